The molecule has 1 radical (unpaired) electrons. The fraction of sp³-hybridized carbons (Fsp3) is 0.452. The molecular weight excluding hydrogens is 960 g/mol. The Kier molecular flexibility index (Phi) is 29.3. The van der Waals surface area contributed by atoms with Crippen molar-refractivity contribution in [2.75, 3.05) is 62.3 Å². The molecule has 1 saturated heterocycles. The van der Waals surface area contributed by atoms with Crippen LogP contribution in [0.5, 0.6) is 0 Å². The first-order valence-corrected chi connectivity index (χ1v) is 22.1. The van der Waals surface area contributed by atoms with Crippen molar-refractivity contribution in [1.82, 2.24) is 19.8 Å². The number of anilines is 2. The Morgan fingerprint density at radius 2 is 1.06 bits per heavy atom. The van der Waals surface area contributed by atoms with Gasteiger partial charge in [-0.25, -0.2) is 37.3 Å². The summed E-state index contributed by atoms with van der Waals surface area (Å²) >= 11 is 0. The first kappa shape index (κ1) is 59.8. The van der Waals surface area contributed by atoms with E-state index in [0.717, 1.165) is 91.5 Å². The number of ether oxygens (including phenoxy) is 1. The molecule has 0 aliphatic carbocycles. The summed E-state index contributed by atoms with van der Waals surface area (Å²) in [6.07, 6.45) is 3.71. The van der Waals surface area contributed by atoms with Crippen LogP contribution in [-0.4, -0.2) is 84.3 Å². The van der Waals surface area contributed by atoms with Gasteiger partial charge in [0.2, 0.25) is 0 Å². The van der Waals surface area contributed by atoms with Gasteiger partial charge in [-0.1, -0.05) is 36.4 Å². The van der Waals surface area contributed by atoms with Crippen molar-refractivity contribution in [3.05, 3.63) is 96.6 Å². The van der Waals surface area contributed by atoms with E-state index in [1.165, 1.54) is 12.6 Å². The van der Waals surface area contributed by atoms with E-state index in [2.05, 4.69) is 106 Å². The second-order valence-corrected chi connectivity index (χ2v) is 15.4. The number of aromatic nitrogens is 2. The van der Waals surface area contributed by atoms with Gasteiger partial charge < -0.3 is 19.0 Å². The Bertz CT molecular complexity index is 1920. The molecule has 0 amide bonds. The zero-order valence-corrected chi connectivity index (χ0v) is 39.8. The van der Waals surface area contributed by atoms with Crippen LogP contribution in [0.3, 0.4) is 0 Å². The van der Waals surface area contributed by atoms with Gasteiger partial charge in [0.15, 0.2) is 11.2 Å². The van der Waals surface area contributed by atoms with Crippen LogP contribution in [0.15, 0.2) is 89.6 Å². The van der Waals surface area contributed by atoms with Gasteiger partial charge in [0.05, 0.1) is 41.9 Å². The minimum absolute atomic E-state index is 0. The number of nitriles is 1. The molecule has 0 atom stereocenters. The summed E-state index contributed by atoms with van der Waals surface area (Å²) in [5.74, 6) is 0. The van der Waals surface area contributed by atoms with Crippen molar-refractivity contribution in [3.8, 4) is 6.07 Å². The third-order valence-electron chi connectivity index (χ3n) is 9.18. The molecule has 0 unspecified atom stereocenters. The third-order valence-corrected chi connectivity index (χ3v) is 9.18. The number of benzene rings is 2. The van der Waals surface area contributed by atoms with Crippen molar-refractivity contribution < 1.29 is 101 Å². The SMILES string of the molecule is CC#N.CC(C)N1CCN(c2cccc3c2oc2c(N(Cc4ccccn4)Cc4ccccn4)cccc23)CCN(C(C)C)CC1.CCOCC.[Cu+2].[Cu+].[O-][Cl+3]([O-])([O-])[O-].[O-][Cl+3]([O-])([O-])[O-]. The fourth-order valence-electron chi connectivity index (χ4n) is 6.46. The standard InChI is InChI=1S/C36H44N6O.C4H10O.C2H3N.2ClHO4.2Cu/c1-27(2)39-19-20-40(28(3)4)22-24-41(23-21-39)33-15-9-13-31-32-14-10-16-34(36(32)43-35(31)33)42(25-29-11-5-7-17-37-29)26-30-12-6-8-18-38-30;1-3-5-4-2;1-2-3;2*2-1(3,4)5;;/h5-18,27-28H,19-26H2,1-4H3;3-4H2,1-2H3;1H3;2*(H,2,3,4,5);;/q;;;;;+1;+2/p-2. The number of nitrogens with zero attached hydrogens (tertiary/aromatic N) is 7. The first-order chi connectivity index (χ1) is 28.8. The van der Waals surface area contributed by atoms with Crippen LogP contribution in [0, 0.1) is 31.8 Å². The average Bonchev–Trinajstić information content (AvgIpc) is 3.62. The maximum Gasteiger partial charge on any atom is 2.00 e. The largest absolute Gasteiger partial charge is 2.00 e. The van der Waals surface area contributed by atoms with Crippen molar-refractivity contribution in [1.29, 1.82) is 5.26 Å². The molecule has 0 saturated carbocycles. The predicted molar refractivity (Wildman–Crippen MR) is 211 cm³/mol. The zero-order valence-electron chi connectivity index (χ0n) is 36.4. The quantitative estimate of drug-likeness (QED) is 0.150. The topological polar surface area (TPSA) is 269 Å². The van der Waals surface area contributed by atoms with Gasteiger partial charge in [-0.15, -0.1) is 20.5 Å². The number of halogens is 2. The Morgan fingerprint density at radius 3 is 1.43 bits per heavy atom. The zero-order chi connectivity index (χ0) is 45.6. The van der Waals surface area contributed by atoms with Crippen molar-refractivity contribution >= 4 is 33.3 Å². The van der Waals surface area contributed by atoms with Gasteiger partial charge in [0.25, 0.3) is 0 Å². The molecule has 1 aliphatic rings. The van der Waals surface area contributed by atoms with Crippen LogP contribution in [0.25, 0.3) is 21.9 Å². The predicted octanol–water partition coefficient (Wildman–Crippen LogP) is -1.12. The summed E-state index contributed by atoms with van der Waals surface area (Å²) in [5, 5.41) is 9.62. The molecule has 0 spiro atoms. The average molecular weight is 1020 g/mol. The molecular formula is C42H57Cl2Cu2N7O10+. The molecule has 0 bridgehead atoms. The number of para-hydroxylation sites is 2. The van der Waals surface area contributed by atoms with Gasteiger partial charge in [0.1, 0.15) is 0 Å². The van der Waals surface area contributed by atoms with Crippen molar-refractivity contribution in [2.45, 2.75) is 73.6 Å². The molecule has 4 heterocycles. The number of fused-ring (bicyclic) bond motifs is 3. The van der Waals surface area contributed by atoms with Crippen LogP contribution in [0.2, 0.25) is 0 Å². The number of hydrogen-bond acceptors (Lipinski definition) is 17. The number of furan rings is 1. The van der Waals surface area contributed by atoms with Crippen molar-refractivity contribution in [3.63, 3.8) is 0 Å². The second kappa shape index (κ2) is 30.9. The molecule has 21 heteroatoms. The summed E-state index contributed by atoms with van der Waals surface area (Å²) in [6.45, 7) is 23.9. The Hall–Kier alpha value is -3.19. The van der Waals surface area contributed by atoms with E-state index in [4.69, 9.17) is 51.7 Å². The fourth-order valence-corrected chi connectivity index (χ4v) is 6.46. The van der Waals surface area contributed by atoms with Crippen LogP contribution < -0.4 is 47.1 Å². The van der Waals surface area contributed by atoms with Gasteiger partial charge in [-0.05, 0) is 77.9 Å². The van der Waals surface area contributed by atoms with E-state index in [0.29, 0.717) is 25.2 Å². The van der Waals surface area contributed by atoms with Gasteiger partial charge >= 0.3 is 34.1 Å². The van der Waals surface area contributed by atoms with Crippen LogP contribution in [0.1, 0.15) is 59.9 Å². The van der Waals surface area contributed by atoms with Gasteiger partial charge in [0, 0.05) is 94.7 Å². The molecule has 2 aromatic carbocycles. The van der Waals surface area contributed by atoms with E-state index in [-0.39, 0.29) is 34.1 Å². The Balaban J connectivity index is 0.00000164. The molecule has 17 nitrogen and oxygen atoms in total. The summed E-state index contributed by atoms with van der Waals surface area (Å²) in [5.41, 5.74) is 6.12. The number of hydrogen-bond donors (Lipinski definition) is 0. The van der Waals surface area contributed by atoms with Crippen LogP contribution >= 0.6 is 0 Å². The van der Waals surface area contributed by atoms with E-state index >= 15 is 0 Å². The first-order valence-electron chi connectivity index (χ1n) is 19.6. The molecule has 1 aliphatic heterocycles. The maximum atomic E-state index is 8.49. The smallest absolute Gasteiger partial charge is 0.452 e. The van der Waals surface area contributed by atoms with E-state index in [1.54, 1.807) is 6.07 Å². The molecule has 355 valence electrons. The van der Waals surface area contributed by atoms with E-state index in [1.807, 2.05) is 50.5 Å². The summed E-state index contributed by atoms with van der Waals surface area (Å²) < 4.78 is 79.7. The molecule has 6 rings (SSSR count). The molecule has 1 fully saturated rings. The Labute approximate surface area is 395 Å². The van der Waals surface area contributed by atoms with Crippen LogP contribution in [-0.2, 0) is 52.0 Å². The van der Waals surface area contributed by atoms with Gasteiger partial charge in [-0.2, -0.15) is 5.26 Å². The summed E-state index contributed by atoms with van der Waals surface area (Å²) in [4.78, 5) is 19.4. The monoisotopic (exact) mass is 1020 g/mol. The van der Waals surface area contributed by atoms with E-state index < -0.39 is 20.5 Å². The normalized spacial score (nSPS) is 13.4. The number of pyridine rings is 2. The van der Waals surface area contributed by atoms with Crippen LogP contribution in [0.4, 0.5) is 11.4 Å². The molecule has 63 heavy (non-hydrogen) atoms. The molecule has 5 aromatic rings. The summed E-state index contributed by atoms with van der Waals surface area (Å²) in [7, 11) is -9.89. The number of rotatable bonds is 10. The Morgan fingerprint density at radius 1 is 0.667 bits per heavy atom. The minimum atomic E-state index is -4.94. The second-order valence-electron chi connectivity index (χ2n) is 13.9. The molecule has 0 N–H and O–H groups in total. The van der Waals surface area contributed by atoms with E-state index in [9.17, 15) is 0 Å². The third kappa shape index (κ3) is 23.5. The minimum Gasteiger partial charge on any atom is -0.452 e. The van der Waals surface area contributed by atoms with Crippen molar-refractivity contribution in [2.24, 2.45) is 0 Å². The molecule has 3 aromatic heterocycles. The van der Waals surface area contributed by atoms with Gasteiger partial charge in [-0.3, -0.25) is 19.8 Å². The summed E-state index contributed by atoms with van der Waals surface area (Å²) in [6, 6.07) is 28.1. The maximum absolute atomic E-state index is 8.49.